The summed E-state index contributed by atoms with van der Waals surface area (Å²) in [5, 5.41) is 20.1. The zero-order chi connectivity index (χ0) is 38.1. The molecule has 0 bridgehead atoms. The van der Waals surface area contributed by atoms with E-state index in [1.165, 1.54) is 11.3 Å². The van der Waals surface area contributed by atoms with Crippen molar-refractivity contribution in [3.8, 4) is 0 Å². The Kier molecular flexibility index (Phi) is 15.5. The maximum Gasteiger partial charge on any atom is 0.407 e. The Morgan fingerprint density at radius 3 is 2.22 bits per heavy atom. The summed E-state index contributed by atoms with van der Waals surface area (Å²) in [5.74, 6) is 0.0195. The van der Waals surface area contributed by atoms with Crippen LogP contribution in [0, 0.1) is 0 Å². The number of carbonyl (C=O) groups excluding carboxylic acids is 3. The first-order valence-corrected chi connectivity index (χ1v) is 19.9. The highest BCUT2D eigenvalue weighted by Gasteiger charge is 2.26. The molecule has 286 valence electrons. The zero-order valence-electron chi connectivity index (χ0n) is 31.0. The maximum absolute atomic E-state index is 14.1. The van der Waals surface area contributed by atoms with E-state index in [1.807, 2.05) is 53.9 Å². The van der Waals surface area contributed by atoms with Crippen LogP contribution in [0.15, 0.2) is 90.4 Å². The Bertz CT molecular complexity index is 1840. The van der Waals surface area contributed by atoms with Gasteiger partial charge in [0.15, 0.2) is 0 Å². The number of aromatic nitrogens is 5. The molecule has 0 aliphatic carbocycles. The van der Waals surface area contributed by atoms with Crippen LogP contribution >= 0.6 is 22.7 Å². The SMILES string of the molecule is CC(C)c1nc(CN(C)C(=O)N[C@@H](CCn2cnnc2)C(=O)N[C@H](CCc2ccccc2)CC[C@@H](Cc2ccccc2)NC(=O)OCc2cncs2)cs1. The van der Waals surface area contributed by atoms with Gasteiger partial charge in [-0.3, -0.25) is 9.78 Å². The topological polar surface area (TPSA) is 156 Å². The van der Waals surface area contributed by atoms with Gasteiger partial charge in [0.25, 0.3) is 0 Å². The van der Waals surface area contributed by atoms with Crippen LogP contribution in [0.3, 0.4) is 0 Å². The van der Waals surface area contributed by atoms with Gasteiger partial charge in [-0.15, -0.1) is 32.9 Å². The number of benzene rings is 2. The lowest BCUT2D eigenvalue weighted by Crippen LogP contribution is -2.52. The van der Waals surface area contributed by atoms with Gasteiger partial charge in [-0.25, -0.2) is 14.6 Å². The van der Waals surface area contributed by atoms with E-state index in [-0.39, 0.29) is 30.6 Å². The van der Waals surface area contributed by atoms with Crippen molar-refractivity contribution < 1.29 is 19.1 Å². The fourth-order valence-electron chi connectivity index (χ4n) is 5.88. The largest absolute Gasteiger partial charge is 0.444 e. The van der Waals surface area contributed by atoms with E-state index in [0.717, 1.165) is 33.1 Å². The number of hydrogen-bond acceptors (Lipinski definition) is 10. The highest BCUT2D eigenvalue weighted by atomic mass is 32.1. The maximum atomic E-state index is 14.1. The molecule has 0 spiro atoms. The number of carbonyl (C=O) groups is 3. The van der Waals surface area contributed by atoms with Gasteiger partial charge < -0.3 is 30.2 Å². The summed E-state index contributed by atoms with van der Waals surface area (Å²) in [6, 6.07) is 18.4. The molecule has 0 fully saturated rings. The van der Waals surface area contributed by atoms with Crippen molar-refractivity contribution in [1.82, 2.24) is 45.6 Å². The first-order valence-electron chi connectivity index (χ1n) is 18.2. The number of urea groups is 1. The van der Waals surface area contributed by atoms with Gasteiger partial charge in [0.2, 0.25) is 5.91 Å². The Hall–Kier alpha value is -5.15. The molecule has 0 saturated heterocycles. The number of ether oxygens (including phenoxy) is 1. The lowest BCUT2D eigenvalue weighted by atomic mass is 9.96. The van der Waals surface area contributed by atoms with Crippen LogP contribution in [0.5, 0.6) is 0 Å². The molecule has 4 amide bonds. The van der Waals surface area contributed by atoms with Gasteiger partial charge in [0, 0.05) is 43.2 Å². The smallest absolute Gasteiger partial charge is 0.407 e. The number of nitrogens with one attached hydrogen (secondary N) is 3. The summed E-state index contributed by atoms with van der Waals surface area (Å²) in [5.41, 5.74) is 4.74. The lowest BCUT2D eigenvalue weighted by molar-refractivity contribution is -0.124. The molecule has 3 atom stereocenters. The molecule has 0 unspecified atom stereocenters. The summed E-state index contributed by atoms with van der Waals surface area (Å²) < 4.78 is 7.30. The molecule has 0 aliphatic heterocycles. The number of alkyl carbamates (subject to hydrolysis) is 1. The minimum absolute atomic E-state index is 0.143. The van der Waals surface area contributed by atoms with Crippen molar-refractivity contribution in [2.75, 3.05) is 7.05 Å². The van der Waals surface area contributed by atoms with Gasteiger partial charge in [-0.05, 0) is 49.7 Å². The standard InChI is InChI=1S/C39H49N9O4S2/c1-28(2)37-44-33(24-53-37)22-47(3)38(50)46-35(18-19-48-25-41-42-26-48)36(49)43-31(15-14-29-10-6-4-7-11-29)16-17-32(20-30-12-8-5-9-13-30)45-39(51)52-23-34-21-40-27-54-34/h4-13,21,24-28,31-32,35H,14-20,22-23H2,1-3H3,(H,43,49)(H,45,51)(H,46,50)/t31-,32+,35+/m1/s1. The highest BCUT2D eigenvalue weighted by Crippen LogP contribution is 2.20. The van der Waals surface area contributed by atoms with E-state index >= 15 is 0 Å². The van der Waals surface area contributed by atoms with Crippen molar-refractivity contribution in [3.63, 3.8) is 0 Å². The van der Waals surface area contributed by atoms with Gasteiger partial charge in [-0.1, -0.05) is 74.5 Å². The molecule has 5 aromatic rings. The van der Waals surface area contributed by atoms with Crippen molar-refractivity contribution in [2.45, 2.75) is 96.1 Å². The van der Waals surface area contributed by atoms with Crippen LogP contribution in [-0.2, 0) is 42.1 Å². The summed E-state index contributed by atoms with van der Waals surface area (Å²) in [4.78, 5) is 51.7. The minimum atomic E-state index is -0.830. The van der Waals surface area contributed by atoms with E-state index in [4.69, 9.17) is 4.74 Å². The first-order chi connectivity index (χ1) is 26.2. The number of nitrogens with zero attached hydrogens (tertiary/aromatic N) is 6. The molecule has 13 nitrogen and oxygen atoms in total. The van der Waals surface area contributed by atoms with Crippen LogP contribution in [0.25, 0.3) is 0 Å². The number of hydrogen-bond donors (Lipinski definition) is 3. The Morgan fingerprint density at radius 2 is 1.56 bits per heavy atom. The second kappa shape index (κ2) is 20.9. The molecule has 3 N–H and O–H groups in total. The minimum Gasteiger partial charge on any atom is -0.444 e. The molecule has 15 heteroatoms. The molecule has 0 saturated carbocycles. The summed E-state index contributed by atoms with van der Waals surface area (Å²) in [7, 11) is 1.70. The predicted octanol–water partition coefficient (Wildman–Crippen LogP) is 6.35. The summed E-state index contributed by atoms with van der Waals surface area (Å²) in [6.45, 7) is 5.07. The average molecular weight is 772 g/mol. The van der Waals surface area contributed by atoms with Crippen molar-refractivity contribution in [1.29, 1.82) is 0 Å². The normalized spacial score (nSPS) is 12.8. The Labute approximate surface area is 324 Å². The van der Waals surface area contributed by atoms with Crippen LogP contribution in [0.4, 0.5) is 9.59 Å². The average Bonchev–Trinajstić information content (AvgIpc) is 3.99. The van der Waals surface area contributed by atoms with Crippen LogP contribution in [-0.4, -0.2) is 72.8 Å². The summed E-state index contributed by atoms with van der Waals surface area (Å²) >= 11 is 3.00. The third-order valence-electron chi connectivity index (χ3n) is 8.88. The first kappa shape index (κ1) is 40.0. The van der Waals surface area contributed by atoms with Crippen LogP contribution in [0.2, 0.25) is 0 Å². The molecule has 54 heavy (non-hydrogen) atoms. The van der Waals surface area contributed by atoms with E-state index in [0.29, 0.717) is 51.1 Å². The number of amides is 4. The molecular formula is C39H49N9O4S2. The number of rotatable bonds is 20. The monoisotopic (exact) mass is 771 g/mol. The molecule has 0 aliphatic rings. The quantitative estimate of drug-likeness (QED) is 0.0827. The third kappa shape index (κ3) is 13.4. The summed E-state index contributed by atoms with van der Waals surface area (Å²) in [6.07, 6.45) is 7.84. The number of thiazole rings is 2. The molecular weight excluding hydrogens is 723 g/mol. The zero-order valence-corrected chi connectivity index (χ0v) is 32.6. The second-order valence-corrected chi connectivity index (χ2v) is 15.4. The predicted molar refractivity (Wildman–Crippen MR) is 210 cm³/mol. The lowest BCUT2D eigenvalue weighted by Gasteiger charge is -2.27. The van der Waals surface area contributed by atoms with Gasteiger partial charge in [-0.2, -0.15) is 0 Å². The van der Waals surface area contributed by atoms with E-state index < -0.39 is 12.1 Å². The fraction of sp³-hybridized carbons (Fsp3) is 0.410. The van der Waals surface area contributed by atoms with Crippen molar-refractivity contribution in [3.05, 3.63) is 117 Å². The Balaban J connectivity index is 1.28. The van der Waals surface area contributed by atoms with Crippen LogP contribution < -0.4 is 16.0 Å². The molecule has 3 aromatic heterocycles. The molecule has 5 rings (SSSR count). The third-order valence-corrected chi connectivity index (χ3v) is 10.8. The molecule has 0 radical (unpaired) electrons. The second-order valence-electron chi connectivity index (χ2n) is 13.6. The van der Waals surface area contributed by atoms with Crippen molar-refractivity contribution in [2.24, 2.45) is 0 Å². The molecule has 2 aromatic carbocycles. The van der Waals surface area contributed by atoms with Gasteiger partial charge >= 0.3 is 12.1 Å². The van der Waals surface area contributed by atoms with E-state index in [2.05, 4.69) is 62.1 Å². The van der Waals surface area contributed by atoms with Crippen LogP contribution in [0.1, 0.15) is 72.2 Å². The van der Waals surface area contributed by atoms with E-state index in [1.54, 1.807) is 52.2 Å². The highest BCUT2D eigenvalue weighted by molar-refractivity contribution is 7.09. The Morgan fingerprint density at radius 1 is 0.852 bits per heavy atom. The van der Waals surface area contributed by atoms with Gasteiger partial charge in [0.1, 0.15) is 25.3 Å². The molecule has 3 heterocycles. The number of aryl methyl sites for hydroxylation is 2. The van der Waals surface area contributed by atoms with Gasteiger partial charge in [0.05, 0.1) is 27.6 Å². The fourth-order valence-corrected chi connectivity index (χ4v) is 7.21. The van der Waals surface area contributed by atoms with E-state index in [9.17, 15) is 14.4 Å². The van der Waals surface area contributed by atoms with Crippen molar-refractivity contribution >= 4 is 40.7 Å².